The van der Waals surface area contributed by atoms with Crippen molar-refractivity contribution >= 4 is 29.3 Å². The summed E-state index contributed by atoms with van der Waals surface area (Å²) in [6, 6.07) is 11.7. The van der Waals surface area contributed by atoms with Crippen LogP contribution in [0.15, 0.2) is 52.3 Å². The number of methoxy groups -OCH3 is 2. The van der Waals surface area contributed by atoms with Gasteiger partial charge in [-0.05, 0) is 36.8 Å². The molecule has 5 rings (SSSR count). The molecule has 0 saturated heterocycles. The summed E-state index contributed by atoms with van der Waals surface area (Å²) in [5.41, 5.74) is 5.01. The van der Waals surface area contributed by atoms with Gasteiger partial charge in [-0.15, -0.1) is 0 Å². The summed E-state index contributed by atoms with van der Waals surface area (Å²) in [6.07, 6.45) is 1.71. The number of amides is 1. The summed E-state index contributed by atoms with van der Waals surface area (Å²) < 4.78 is 24.0. The highest BCUT2D eigenvalue weighted by Crippen LogP contribution is 2.47. The van der Waals surface area contributed by atoms with Crippen LogP contribution in [0.4, 0.5) is 0 Å². The summed E-state index contributed by atoms with van der Waals surface area (Å²) in [7, 11) is 2.78. The highest BCUT2D eigenvalue weighted by molar-refractivity contribution is 7.07. The zero-order chi connectivity index (χ0) is 25.6. The SMILES string of the molecule is COC(=O)[C@H]1[C@H]2c3ccccc3O[C@]1(C)N=c1s/c(=C\c3ccc(OCC(N)=O)c(OC)c3)c(=O)n12. The lowest BCUT2D eigenvalue weighted by Gasteiger charge is -2.44. The van der Waals surface area contributed by atoms with Crippen LogP contribution < -0.4 is 34.8 Å². The average Bonchev–Trinajstić information content (AvgIpc) is 3.15. The van der Waals surface area contributed by atoms with Gasteiger partial charge in [0.1, 0.15) is 11.7 Å². The molecular weight excluding hydrogens is 486 g/mol. The molecule has 1 amide bonds. The van der Waals surface area contributed by atoms with Gasteiger partial charge < -0.3 is 24.7 Å². The fourth-order valence-electron chi connectivity index (χ4n) is 4.62. The van der Waals surface area contributed by atoms with Gasteiger partial charge in [0.2, 0.25) is 5.72 Å². The minimum Gasteiger partial charge on any atom is -0.493 e. The average molecular weight is 510 g/mol. The van der Waals surface area contributed by atoms with Crippen molar-refractivity contribution in [3.63, 3.8) is 0 Å². The molecule has 1 aromatic heterocycles. The Hall–Kier alpha value is -4.12. The van der Waals surface area contributed by atoms with E-state index in [0.29, 0.717) is 37.7 Å². The van der Waals surface area contributed by atoms with Crippen LogP contribution in [0, 0.1) is 5.92 Å². The first kappa shape index (κ1) is 23.6. The van der Waals surface area contributed by atoms with E-state index >= 15 is 0 Å². The number of benzene rings is 2. The van der Waals surface area contributed by atoms with Crippen LogP contribution in [-0.4, -0.2) is 43.0 Å². The van der Waals surface area contributed by atoms with Gasteiger partial charge in [0.25, 0.3) is 11.5 Å². The van der Waals surface area contributed by atoms with Crippen molar-refractivity contribution < 1.29 is 28.5 Å². The first-order valence-corrected chi connectivity index (χ1v) is 11.8. The summed E-state index contributed by atoms with van der Waals surface area (Å²) in [5, 5.41) is 0. The number of fused-ring (bicyclic) bond motifs is 6. The summed E-state index contributed by atoms with van der Waals surface area (Å²) in [4.78, 5) is 42.7. The molecule has 2 aliphatic heterocycles. The van der Waals surface area contributed by atoms with E-state index in [9.17, 15) is 14.4 Å². The highest BCUT2D eigenvalue weighted by atomic mass is 32.1. The second kappa shape index (κ2) is 8.83. The van der Waals surface area contributed by atoms with Crippen LogP contribution in [0.2, 0.25) is 0 Å². The van der Waals surface area contributed by atoms with E-state index in [4.69, 9.17) is 29.7 Å². The van der Waals surface area contributed by atoms with E-state index in [0.717, 1.165) is 0 Å². The Morgan fingerprint density at radius 1 is 1.22 bits per heavy atom. The topological polar surface area (TPSA) is 131 Å². The molecule has 0 fully saturated rings. The van der Waals surface area contributed by atoms with Gasteiger partial charge >= 0.3 is 5.97 Å². The van der Waals surface area contributed by atoms with E-state index in [1.807, 2.05) is 18.2 Å². The van der Waals surface area contributed by atoms with Gasteiger partial charge in [0.05, 0.1) is 24.8 Å². The second-order valence-electron chi connectivity index (χ2n) is 8.49. The van der Waals surface area contributed by atoms with Crippen molar-refractivity contribution in [2.24, 2.45) is 16.6 Å². The number of thiazole rings is 1. The third kappa shape index (κ3) is 3.81. The number of carbonyl (C=O) groups excluding carboxylic acids is 2. The molecule has 36 heavy (non-hydrogen) atoms. The Morgan fingerprint density at radius 3 is 2.72 bits per heavy atom. The summed E-state index contributed by atoms with van der Waals surface area (Å²) in [5.74, 6) is -0.657. The number of hydrogen-bond donors (Lipinski definition) is 1. The van der Waals surface area contributed by atoms with Crippen molar-refractivity contribution in [1.82, 2.24) is 4.57 Å². The largest absolute Gasteiger partial charge is 0.493 e. The minimum atomic E-state index is -1.23. The van der Waals surface area contributed by atoms with E-state index in [1.54, 1.807) is 41.8 Å². The van der Waals surface area contributed by atoms with Crippen molar-refractivity contribution in [2.75, 3.05) is 20.8 Å². The van der Waals surface area contributed by atoms with Gasteiger partial charge in [0.15, 0.2) is 22.9 Å². The first-order chi connectivity index (χ1) is 17.3. The smallest absolute Gasteiger partial charge is 0.317 e. The normalized spacial score (nSPS) is 21.9. The van der Waals surface area contributed by atoms with Crippen LogP contribution in [0.3, 0.4) is 0 Å². The van der Waals surface area contributed by atoms with Gasteiger partial charge in [-0.3, -0.25) is 19.0 Å². The molecule has 0 radical (unpaired) electrons. The van der Waals surface area contributed by atoms with Crippen LogP contribution in [0.1, 0.15) is 24.1 Å². The summed E-state index contributed by atoms with van der Waals surface area (Å²) >= 11 is 1.20. The number of rotatable bonds is 6. The predicted octanol–water partition coefficient (Wildman–Crippen LogP) is 0.732. The number of carbonyl (C=O) groups is 2. The van der Waals surface area contributed by atoms with E-state index in [-0.39, 0.29) is 12.2 Å². The number of esters is 1. The fraction of sp³-hybridized carbons (Fsp3) is 0.280. The zero-order valence-electron chi connectivity index (χ0n) is 19.7. The Balaban J connectivity index is 1.65. The van der Waals surface area contributed by atoms with Crippen molar-refractivity contribution in [2.45, 2.75) is 18.7 Å². The number of para-hydroxylation sites is 1. The van der Waals surface area contributed by atoms with Crippen molar-refractivity contribution in [3.05, 3.63) is 73.3 Å². The lowest BCUT2D eigenvalue weighted by atomic mass is 9.81. The number of primary amides is 1. The maximum Gasteiger partial charge on any atom is 0.317 e. The molecule has 2 aromatic carbocycles. The number of aromatic nitrogens is 1. The van der Waals surface area contributed by atoms with Crippen molar-refractivity contribution in [1.29, 1.82) is 0 Å². The minimum absolute atomic E-state index is 0.287. The maximum absolute atomic E-state index is 13.7. The summed E-state index contributed by atoms with van der Waals surface area (Å²) in [6.45, 7) is 1.44. The Morgan fingerprint density at radius 2 is 2.00 bits per heavy atom. The van der Waals surface area contributed by atoms with Gasteiger partial charge in [0, 0.05) is 5.56 Å². The van der Waals surface area contributed by atoms with E-state index in [2.05, 4.69) is 0 Å². The molecule has 0 aliphatic carbocycles. The lowest BCUT2D eigenvalue weighted by molar-refractivity contribution is -0.158. The van der Waals surface area contributed by atoms with Gasteiger partial charge in [-0.25, -0.2) is 4.99 Å². The molecule has 0 saturated carbocycles. The molecular formula is C25H23N3O7S. The lowest BCUT2D eigenvalue weighted by Crippen LogP contribution is -2.58. The maximum atomic E-state index is 13.7. The molecule has 3 aromatic rings. The Kier molecular flexibility index (Phi) is 5.79. The molecule has 11 heteroatoms. The fourth-order valence-corrected chi connectivity index (χ4v) is 5.72. The third-order valence-electron chi connectivity index (χ3n) is 6.19. The van der Waals surface area contributed by atoms with Crippen LogP contribution >= 0.6 is 11.3 Å². The van der Waals surface area contributed by atoms with Crippen molar-refractivity contribution in [3.8, 4) is 17.2 Å². The quantitative estimate of drug-likeness (QED) is 0.485. The van der Waals surface area contributed by atoms with Gasteiger partial charge in [-0.2, -0.15) is 0 Å². The van der Waals surface area contributed by atoms with Crippen LogP contribution in [0.5, 0.6) is 17.2 Å². The number of ether oxygens (including phenoxy) is 4. The van der Waals surface area contributed by atoms with E-state index in [1.165, 1.54) is 25.6 Å². The molecule has 186 valence electrons. The second-order valence-corrected chi connectivity index (χ2v) is 9.49. The van der Waals surface area contributed by atoms with Crippen LogP contribution in [0.25, 0.3) is 6.08 Å². The third-order valence-corrected chi connectivity index (χ3v) is 7.17. The first-order valence-electron chi connectivity index (χ1n) is 11.0. The molecule has 0 unspecified atom stereocenters. The molecule has 3 heterocycles. The molecule has 2 bridgehead atoms. The van der Waals surface area contributed by atoms with Crippen LogP contribution in [-0.2, 0) is 14.3 Å². The predicted molar refractivity (Wildman–Crippen MR) is 130 cm³/mol. The Bertz CT molecular complexity index is 1560. The number of nitrogens with two attached hydrogens (primary N) is 1. The molecule has 10 nitrogen and oxygen atoms in total. The molecule has 3 atom stereocenters. The number of nitrogens with zero attached hydrogens (tertiary/aromatic N) is 2. The number of hydrogen-bond acceptors (Lipinski definition) is 9. The zero-order valence-corrected chi connectivity index (χ0v) is 20.5. The van der Waals surface area contributed by atoms with Gasteiger partial charge in [-0.1, -0.05) is 35.6 Å². The molecule has 0 spiro atoms. The standard InChI is InChI=1S/C25H23N3O7S/c1-25-20(23(31)33-3)21(14-6-4-5-7-15(14)35-25)28-22(30)18(36-24(28)27-25)11-13-8-9-16(17(10-13)32-2)34-12-19(26)29/h4-11,20-21H,12H2,1-3H3,(H2,26,29)/b18-11-/t20-,21-,25+/m1/s1. The van der Waals surface area contributed by atoms with E-state index < -0.39 is 29.6 Å². The molecule has 2 aliphatic rings. The molecule has 2 N–H and O–H groups in total. The monoisotopic (exact) mass is 509 g/mol. The Labute approximate surface area is 209 Å². The highest BCUT2D eigenvalue weighted by Gasteiger charge is 2.55.